The summed E-state index contributed by atoms with van der Waals surface area (Å²) in [6.07, 6.45) is 0. The molecule has 0 heterocycles. The number of nitrogens with zero attached hydrogens (tertiary/aromatic N) is 2. The summed E-state index contributed by atoms with van der Waals surface area (Å²) >= 11 is 0. The molecule has 2 N–H and O–H groups in total. The van der Waals surface area contributed by atoms with Crippen molar-refractivity contribution in [3.05, 3.63) is 23.3 Å². The summed E-state index contributed by atoms with van der Waals surface area (Å²) in [5, 5.41) is 5.81. The van der Waals surface area contributed by atoms with Crippen LogP contribution in [0.2, 0.25) is 0 Å². The number of hydrogen-bond donors (Lipinski definition) is 2. The second kappa shape index (κ2) is 11.2. The molecule has 0 spiro atoms. The molecule has 0 atom stereocenters. The van der Waals surface area contributed by atoms with E-state index in [9.17, 15) is 4.79 Å². The molecule has 0 unspecified atom stereocenters. The average Bonchev–Trinajstić information content (AvgIpc) is 2.63. The van der Waals surface area contributed by atoms with Crippen LogP contribution in [0.5, 0.6) is 11.5 Å². The fraction of sp³-hybridized carbons (Fsp3) is 0.556. The van der Waals surface area contributed by atoms with Gasteiger partial charge in [0, 0.05) is 34.3 Å². The molecule has 0 aromatic heterocycles. The lowest BCUT2D eigenvalue weighted by Gasteiger charge is -2.23. The first-order valence-electron chi connectivity index (χ1n) is 8.35. The van der Waals surface area contributed by atoms with Gasteiger partial charge in [-0.3, -0.25) is 9.79 Å². The maximum Gasteiger partial charge on any atom is 0.239 e. The SMILES string of the molecule is CN=C(NCC(=O)NCCOC)N(C)Cc1cc(OC)c(OC)cc1C. The molecule has 0 aliphatic carbocycles. The highest BCUT2D eigenvalue weighted by Crippen LogP contribution is 2.30. The van der Waals surface area contributed by atoms with E-state index in [1.165, 1.54) is 0 Å². The molecule has 8 heteroatoms. The van der Waals surface area contributed by atoms with Crippen molar-refractivity contribution in [3.63, 3.8) is 0 Å². The van der Waals surface area contributed by atoms with Gasteiger partial charge in [-0.05, 0) is 30.2 Å². The normalized spacial score (nSPS) is 11.1. The minimum atomic E-state index is -0.112. The first-order chi connectivity index (χ1) is 12.5. The lowest BCUT2D eigenvalue weighted by Crippen LogP contribution is -2.44. The summed E-state index contributed by atoms with van der Waals surface area (Å²) in [7, 11) is 8.42. The summed E-state index contributed by atoms with van der Waals surface area (Å²) in [6, 6.07) is 3.90. The highest BCUT2D eigenvalue weighted by Gasteiger charge is 2.13. The number of aryl methyl sites for hydroxylation is 1. The highest BCUT2D eigenvalue weighted by atomic mass is 16.5. The predicted octanol–water partition coefficient (Wildman–Crippen LogP) is 0.782. The molecule has 0 aliphatic rings. The monoisotopic (exact) mass is 366 g/mol. The van der Waals surface area contributed by atoms with E-state index < -0.39 is 0 Å². The van der Waals surface area contributed by atoms with E-state index in [2.05, 4.69) is 15.6 Å². The minimum absolute atomic E-state index is 0.112. The molecule has 1 amide bonds. The van der Waals surface area contributed by atoms with Crippen LogP contribution in [0.3, 0.4) is 0 Å². The van der Waals surface area contributed by atoms with E-state index in [0.29, 0.717) is 37.2 Å². The van der Waals surface area contributed by atoms with Crippen LogP contribution in [0.25, 0.3) is 0 Å². The van der Waals surface area contributed by atoms with Crippen molar-refractivity contribution < 1.29 is 19.0 Å². The van der Waals surface area contributed by atoms with Crippen LogP contribution in [-0.4, -0.2) is 71.9 Å². The van der Waals surface area contributed by atoms with E-state index >= 15 is 0 Å². The zero-order chi connectivity index (χ0) is 19.5. The molecule has 0 bridgehead atoms. The summed E-state index contributed by atoms with van der Waals surface area (Å²) in [5.41, 5.74) is 2.17. The minimum Gasteiger partial charge on any atom is -0.493 e. The predicted molar refractivity (Wildman–Crippen MR) is 102 cm³/mol. The van der Waals surface area contributed by atoms with Gasteiger partial charge in [0.2, 0.25) is 5.91 Å². The molecule has 0 aliphatic heterocycles. The van der Waals surface area contributed by atoms with E-state index in [4.69, 9.17) is 14.2 Å². The average molecular weight is 366 g/mol. The van der Waals surface area contributed by atoms with Gasteiger partial charge in [-0.1, -0.05) is 0 Å². The van der Waals surface area contributed by atoms with Gasteiger partial charge < -0.3 is 29.7 Å². The number of rotatable bonds is 9. The molecule has 1 aromatic rings. The maximum absolute atomic E-state index is 11.8. The first-order valence-corrected chi connectivity index (χ1v) is 8.35. The van der Waals surface area contributed by atoms with Gasteiger partial charge >= 0.3 is 0 Å². The van der Waals surface area contributed by atoms with Crippen LogP contribution in [0.4, 0.5) is 0 Å². The largest absolute Gasteiger partial charge is 0.493 e. The number of aliphatic imine (C=N–C) groups is 1. The van der Waals surface area contributed by atoms with Crippen LogP contribution in [0.1, 0.15) is 11.1 Å². The Hall–Kier alpha value is -2.48. The van der Waals surface area contributed by atoms with Crippen molar-refractivity contribution in [2.24, 2.45) is 4.99 Å². The van der Waals surface area contributed by atoms with Gasteiger partial charge in [0.25, 0.3) is 0 Å². The van der Waals surface area contributed by atoms with Crippen LogP contribution < -0.4 is 20.1 Å². The molecule has 146 valence electrons. The zero-order valence-corrected chi connectivity index (χ0v) is 16.5. The van der Waals surface area contributed by atoms with Crippen LogP contribution in [0.15, 0.2) is 17.1 Å². The van der Waals surface area contributed by atoms with Gasteiger partial charge in [-0.15, -0.1) is 0 Å². The number of hydrogen-bond acceptors (Lipinski definition) is 5. The fourth-order valence-electron chi connectivity index (χ4n) is 2.42. The number of ether oxygens (including phenoxy) is 3. The van der Waals surface area contributed by atoms with E-state index in [0.717, 1.165) is 11.1 Å². The number of benzene rings is 1. The molecule has 0 saturated carbocycles. The lowest BCUT2D eigenvalue weighted by atomic mass is 10.1. The summed E-state index contributed by atoms with van der Waals surface area (Å²) in [6.45, 7) is 3.74. The Morgan fingerprint density at radius 1 is 1.15 bits per heavy atom. The standard InChI is InChI=1S/C18H30N4O4/c1-13-9-15(25-5)16(26-6)10-14(13)12-22(3)18(19-2)21-11-17(23)20-7-8-24-4/h9-10H,7-8,11-12H2,1-6H3,(H,19,21)(H,20,23). The van der Waals surface area contributed by atoms with Gasteiger partial charge in [0.05, 0.1) is 27.4 Å². The molecule has 8 nitrogen and oxygen atoms in total. The van der Waals surface area contributed by atoms with Crippen molar-refractivity contribution >= 4 is 11.9 Å². The smallest absolute Gasteiger partial charge is 0.239 e. The van der Waals surface area contributed by atoms with Crippen LogP contribution >= 0.6 is 0 Å². The second-order valence-corrected chi connectivity index (χ2v) is 5.73. The van der Waals surface area contributed by atoms with Gasteiger partial charge in [0.15, 0.2) is 17.5 Å². The third kappa shape index (κ3) is 6.44. The van der Waals surface area contributed by atoms with Crippen LogP contribution in [0, 0.1) is 6.92 Å². The van der Waals surface area contributed by atoms with Crippen molar-refractivity contribution in [3.8, 4) is 11.5 Å². The second-order valence-electron chi connectivity index (χ2n) is 5.73. The molecule has 26 heavy (non-hydrogen) atoms. The van der Waals surface area contributed by atoms with Crippen LogP contribution in [-0.2, 0) is 16.1 Å². The van der Waals surface area contributed by atoms with Crippen molar-refractivity contribution in [2.75, 3.05) is 55.1 Å². The number of carbonyl (C=O) groups is 1. The summed E-state index contributed by atoms with van der Waals surface area (Å²) in [5.74, 6) is 1.90. The zero-order valence-electron chi connectivity index (χ0n) is 16.5. The number of guanidine groups is 1. The molecular formula is C18H30N4O4. The van der Waals surface area contributed by atoms with E-state index in [1.807, 2.05) is 31.0 Å². The van der Waals surface area contributed by atoms with E-state index in [1.54, 1.807) is 28.4 Å². The fourth-order valence-corrected chi connectivity index (χ4v) is 2.42. The molecule has 0 fully saturated rings. The van der Waals surface area contributed by atoms with Crippen molar-refractivity contribution in [1.29, 1.82) is 0 Å². The third-order valence-corrected chi connectivity index (χ3v) is 3.86. The Morgan fingerprint density at radius 3 is 2.38 bits per heavy atom. The topological polar surface area (TPSA) is 84.4 Å². The van der Waals surface area contributed by atoms with Crippen molar-refractivity contribution in [2.45, 2.75) is 13.5 Å². The molecular weight excluding hydrogens is 336 g/mol. The molecule has 1 rings (SSSR count). The Labute approximate surface area is 155 Å². The number of amides is 1. The van der Waals surface area contributed by atoms with Gasteiger partial charge in [-0.2, -0.15) is 0 Å². The Balaban J connectivity index is 2.70. The Morgan fingerprint density at radius 2 is 1.81 bits per heavy atom. The lowest BCUT2D eigenvalue weighted by molar-refractivity contribution is -0.120. The van der Waals surface area contributed by atoms with Gasteiger partial charge in [0.1, 0.15) is 0 Å². The molecule has 0 radical (unpaired) electrons. The quantitative estimate of drug-likeness (QED) is 0.382. The summed E-state index contributed by atoms with van der Waals surface area (Å²) < 4.78 is 15.6. The van der Waals surface area contributed by atoms with Crippen molar-refractivity contribution in [1.82, 2.24) is 15.5 Å². The third-order valence-electron chi connectivity index (χ3n) is 3.86. The number of nitrogens with one attached hydrogen (secondary N) is 2. The Kier molecular flexibility index (Phi) is 9.29. The maximum atomic E-state index is 11.8. The molecule has 1 aromatic carbocycles. The Bertz CT molecular complexity index is 619. The van der Waals surface area contributed by atoms with Gasteiger partial charge in [-0.25, -0.2) is 0 Å². The first kappa shape index (κ1) is 21.6. The summed E-state index contributed by atoms with van der Waals surface area (Å²) in [4.78, 5) is 18.0. The highest BCUT2D eigenvalue weighted by molar-refractivity contribution is 5.86. The number of methoxy groups -OCH3 is 3. The van der Waals surface area contributed by atoms with E-state index in [-0.39, 0.29) is 12.5 Å². The molecule has 0 saturated heterocycles. The number of carbonyl (C=O) groups excluding carboxylic acids is 1.